The van der Waals surface area contributed by atoms with Crippen molar-refractivity contribution in [1.82, 2.24) is 10.2 Å². The number of hydrogen-bond acceptors (Lipinski definition) is 6. The third-order valence-corrected chi connectivity index (χ3v) is 7.07. The number of para-hydroxylation sites is 1. The first-order valence-corrected chi connectivity index (χ1v) is 15.1. The van der Waals surface area contributed by atoms with Crippen LogP contribution in [-0.2, 0) is 14.3 Å². The Bertz CT molecular complexity index is 1010. The zero-order chi connectivity index (χ0) is 28.6. The molecular formula is C33H49N3O4. The molecule has 0 bridgehead atoms. The van der Waals surface area contributed by atoms with Gasteiger partial charge in [0.15, 0.2) is 0 Å². The number of benzene rings is 2. The summed E-state index contributed by atoms with van der Waals surface area (Å²) >= 11 is 0. The molecule has 7 heteroatoms. The third kappa shape index (κ3) is 12.5. The standard InChI is InChI=1S/C33H49N3O4/c1-33(2,3)40-31(37)26-34-22-14-7-5-4-6-8-15-23-36-24-20-28(21-25-36)39-32(38)35-30-19-13-12-18-29(30)27-16-10-9-11-17-27/h9-13,16-19,28,34H,4-8,14-15,20-26H2,1-3H3,(H,35,38). The number of unbranched alkanes of at least 4 members (excludes halogenated alkanes) is 6. The highest BCUT2D eigenvalue weighted by Crippen LogP contribution is 2.28. The number of carbonyl (C=O) groups is 2. The summed E-state index contributed by atoms with van der Waals surface area (Å²) in [5.74, 6) is -0.185. The molecule has 0 unspecified atom stereocenters. The van der Waals surface area contributed by atoms with Crippen LogP contribution < -0.4 is 10.6 Å². The van der Waals surface area contributed by atoms with Gasteiger partial charge in [-0.3, -0.25) is 10.1 Å². The number of nitrogens with one attached hydrogen (secondary N) is 2. The predicted octanol–water partition coefficient (Wildman–Crippen LogP) is 7.03. The normalized spacial score (nSPS) is 14.6. The lowest BCUT2D eigenvalue weighted by atomic mass is 10.0. The quantitative estimate of drug-likeness (QED) is 0.183. The monoisotopic (exact) mass is 551 g/mol. The first kappa shape index (κ1) is 31.6. The fraction of sp³-hybridized carbons (Fsp3) is 0.576. The average Bonchev–Trinajstić information content (AvgIpc) is 2.92. The Kier molecular flexibility index (Phi) is 13.5. The Morgan fingerprint density at radius 2 is 1.48 bits per heavy atom. The zero-order valence-corrected chi connectivity index (χ0v) is 24.8. The van der Waals surface area contributed by atoms with E-state index in [9.17, 15) is 9.59 Å². The molecule has 0 saturated carbocycles. The molecule has 1 fully saturated rings. The summed E-state index contributed by atoms with van der Waals surface area (Å²) in [6, 6.07) is 17.9. The summed E-state index contributed by atoms with van der Waals surface area (Å²) in [4.78, 5) is 26.8. The largest absolute Gasteiger partial charge is 0.459 e. The van der Waals surface area contributed by atoms with Crippen LogP contribution in [0, 0.1) is 0 Å². The summed E-state index contributed by atoms with van der Waals surface area (Å²) in [5, 5.41) is 6.13. The fourth-order valence-electron chi connectivity index (χ4n) is 5.04. The van der Waals surface area contributed by atoms with Crippen LogP contribution >= 0.6 is 0 Å². The van der Waals surface area contributed by atoms with Crippen LogP contribution in [0.25, 0.3) is 11.1 Å². The van der Waals surface area contributed by atoms with E-state index >= 15 is 0 Å². The smallest absolute Gasteiger partial charge is 0.411 e. The molecule has 0 aliphatic carbocycles. The number of likely N-dealkylation sites (tertiary alicyclic amines) is 1. The van der Waals surface area contributed by atoms with Crippen LogP contribution in [0.15, 0.2) is 54.6 Å². The first-order chi connectivity index (χ1) is 19.3. The molecule has 3 rings (SSSR count). The van der Waals surface area contributed by atoms with Gasteiger partial charge in [0.05, 0.1) is 12.2 Å². The minimum Gasteiger partial charge on any atom is -0.459 e. The van der Waals surface area contributed by atoms with Gasteiger partial charge in [0.1, 0.15) is 11.7 Å². The van der Waals surface area contributed by atoms with E-state index in [1.54, 1.807) is 0 Å². The van der Waals surface area contributed by atoms with Crippen molar-refractivity contribution < 1.29 is 19.1 Å². The highest BCUT2D eigenvalue weighted by molar-refractivity contribution is 5.91. The maximum Gasteiger partial charge on any atom is 0.411 e. The second kappa shape index (κ2) is 17.0. The van der Waals surface area contributed by atoms with Crippen molar-refractivity contribution in [2.24, 2.45) is 0 Å². The van der Waals surface area contributed by atoms with Gasteiger partial charge in [-0.2, -0.15) is 0 Å². The van der Waals surface area contributed by atoms with Gasteiger partial charge in [0, 0.05) is 18.7 Å². The molecule has 0 aromatic heterocycles. The molecule has 1 heterocycles. The lowest BCUT2D eigenvalue weighted by molar-refractivity contribution is -0.153. The molecule has 0 atom stereocenters. The average molecular weight is 552 g/mol. The van der Waals surface area contributed by atoms with E-state index in [0.717, 1.165) is 62.3 Å². The molecule has 0 radical (unpaired) electrons. The molecule has 220 valence electrons. The van der Waals surface area contributed by atoms with Gasteiger partial charge in [-0.25, -0.2) is 4.79 Å². The van der Waals surface area contributed by atoms with Crippen LogP contribution in [0.3, 0.4) is 0 Å². The Balaban J connectivity index is 1.18. The molecule has 1 saturated heterocycles. The van der Waals surface area contributed by atoms with Crippen LogP contribution in [0.5, 0.6) is 0 Å². The summed E-state index contributed by atoms with van der Waals surface area (Å²) in [6.45, 7) is 9.90. The van der Waals surface area contributed by atoms with E-state index in [-0.39, 0.29) is 24.7 Å². The Morgan fingerprint density at radius 1 is 0.850 bits per heavy atom. The number of hydrogen-bond donors (Lipinski definition) is 2. The van der Waals surface area contributed by atoms with E-state index in [1.165, 1.54) is 38.5 Å². The SMILES string of the molecule is CC(C)(C)OC(=O)CNCCCCCCCCCN1CCC(OC(=O)Nc2ccccc2-c2ccccc2)CC1. The van der Waals surface area contributed by atoms with Gasteiger partial charge in [0.2, 0.25) is 0 Å². The Hall–Kier alpha value is -2.90. The highest BCUT2D eigenvalue weighted by Gasteiger charge is 2.22. The van der Waals surface area contributed by atoms with Crippen LogP contribution in [0.2, 0.25) is 0 Å². The molecule has 1 aliphatic rings. The van der Waals surface area contributed by atoms with E-state index in [2.05, 4.69) is 15.5 Å². The molecule has 1 amide bonds. The number of nitrogens with zero attached hydrogens (tertiary/aromatic N) is 1. The first-order valence-electron chi connectivity index (χ1n) is 15.1. The number of rotatable bonds is 15. The van der Waals surface area contributed by atoms with Gasteiger partial charge in [-0.1, -0.05) is 80.6 Å². The topological polar surface area (TPSA) is 79.9 Å². The second-order valence-corrected chi connectivity index (χ2v) is 11.7. The van der Waals surface area contributed by atoms with Crippen molar-refractivity contribution in [3.05, 3.63) is 54.6 Å². The van der Waals surface area contributed by atoms with E-state index in [4.69, 9.17) is 9.47 Å². The van der Waals surface area contributed by atoms with E-state index in [1.807, 2.05) is 75.4 Å². The summed E-state index contributed by atoms with van der Waals surface area (Å²) < 4.78 is 11.1. The number of anilines is 1. The van der Waals surface area contributed by atoms with E-state index < -0.39 is 5.60 Å². The Morgan fingerprint density at radius 3 is 2.17 bits per heavy atom. The summed E-state index contributed by atoms with van der Waals surface area (Å²) in [6.07, 6.45) is 9.92. The van der Waals surface area contributed by atoms with Gasteiger partial charge in [0.25, 0.3) is 0 Å². The van der Waals surface area contributed by atoms with Gasteiger partial charge in [-0.05, 0) is 71.2 Å². The minimum atomic E-state index is -0.418. The van der Waals surface area contributed by atoms with Gasteiger partial charge in [-0.15, -0.1) is 0 Å². The molecule has 0 spiro atoms. The highest BCUT2D eigenvalue weighted by atomic mass is 16.6. The Labute approximate surface area is 241 Å². The maximum absolute atomic E-state index is 12.6. The molecular weight excluding hydrogens is 502 g/mol. The number of amides is 1. The van der Waals surface area contributed by atoms with Crippen molar-refractivity contribution in [3.8, 4) is 11.1 Å². The molecule has 2 aromatic rings. The van der Waals surface area contributed by atoms with Gasteiger partial charge < -0.3 is 19.7 Å². The third-order valence-electron chi connectivity index (χ3n) is 7.07. The molecule has 2 aromatic carbocycles. The van der Waals surface area contributed by atoms with Crippen molar-refractivity contribution in [2.75, 3.05) is 38.0 Å². The number of piperidine rings is 1. The predicted molar refractivity (Wildman–Crippen MR) is 162 cm³/mol. The number of carbonyl (C=O) groups excluding carboxylic acids is 2. The van der Waals surface area contributed by atoms with Crippen LogP contribution in [0.1, 0.15) is 78.6 Å². The lowest BCUT2D eigenvalue weighted by Gasteiger charge is -2.31. The summed E-state index contributed by atoms with van der Waals surface area (Å²) in [7, 11) is 0. The molecule has 2 N–H and O–H groups in total. The number of ether oxygens (including phenoxy) is 2. The van der Waals surface area contributed by atoms with Crippen molar-refractivity contribution in [3.63, 3.8) is 0 Å². The number of esters is 1. The van der Waals surface area contributed by atoms with Gasteiger partial charge >= 0.3 is 12.1 Å². The molecule has 7 nitrogen and oxygen atoms in total. The van der Waals surface area contributed by atoms with Crippen molar-refractivity contribution in [2.45, 2.75) is 90.3 Å². The fourth-order valence-corrected chi connectivity index (χ4v) is 5.04. The summed E-state index contributed by atoms with van der Waals surface area (Å²) in [5.41, 5.74) is 2.41. The van der Waals surface area contributed by atoms with Crippen molar-refractivity contribution in [1.29, 1.82) is 0 Å². The van der Waals surface area contributed by atoms with Crippen LogP contribution in [0.4, 0.5) is 10.5 Å². The van der Waals surface area contributed by atoms with E-state index in [0.29, 0.717) is 0 Å². The lowest BCUT2D eigenvalue weighted by Crippen LogP contribution is -2.38. The second-order valence-electron chi connectivity index (χ2n) is 11.7. The molecule has 1 aliphatic heterocycles. The minimum absolute atomic E-state index is 0.0289. The zero-order valence-electron chi connectivity index (χ0n) is 24.8. The molecule has 40 heavy (non-hydrogen) atoms. The van der Waals surface area contributed by atoms with Crippen LogP contribution in [-0.4, -0.2) is 61.4 Å². The maximum atomic E-state index is 12.6. The van der Waals surface area contributed by atoms with Crippen molar-refractivity contribution >= 4 is 17.7 Å².